The maximum Gasteiger partial charge on any atom is 0.226 e. The van der Waals surface area contributed by atoms with Crippen LogP contribution in [0.15, 0.2) is 33.7 Å². The van der Waals surface area contributed by atoms with Crippen LogP contribution in [0.25, 0.3) is 0 Å². The Morgan fingerprint density at radius 1 is 1.35 bits per heavy atom. The number of nitrogens with zero attached hydrogens (tertiary/aromatic N) is 1. The zero-order valence-corrected chi connectivity index (χ0v) is 17.1. The topological polar surface area (TPSA) is 88.7 Å². The molecular formula is C15H24BrIN4O2. The quantitative estimate of drug-likeness (QED) is 0.211. The van der Waals surface area contributed by atoms with Gasteiger partial charge in [0.15, 0.2) is 5.96 Å². The van der Waals surface area contributed by atoms with Crippen molar-refractivity contribution in [1.82, 2.24) is 5.32 Å². The number of guanidine groups is 1. The van der Waals surface area contributed by atoms with E-state index in [0.717, 1.165) is 16.6 Å². The van der Waals surface area contributed by atoms with Crippen LogP contribution >= 0.6 is 39.9 Å². The number of benzene rings is 1. The Kier molecular flexibility index (Phi) is 13.0. The maximum atomic E-state index is 11.8. The summed E-state index contributed by atoms with van der Waals surface area (Å²) in [7, 11) is 0. The van der Waals surface area contributed by atoms with Gasteiger partial charge >= 0.3 is 0 Å². The zero-order valence-electron chi connectivity index (χ0n) is 13.2. The number of carbonyl (C=O) groups excluding carboxylic acids is 1. The highest BCUT2D eigenvalue weighted by molar-refractivity contribution is 14.0. The average molecular weight is 499 g/mol. The molecule has 0 atom stereocenters. The molecule has 0 fully saturated rings. The second-order valence-electron chi connectivity index (χ2n) is 4.55. The number of nitrogens with two attached hydrogens (primary N) is 1. The van der Waals surface area contributed by atoms with Crippen LogP contribution in [0.5, 0.6) is 0 Å². The van der Waals surface area contributed by atoms with E-state index in [9.17, 15) is 4.79 Å². The molecule has 4 N–H and O–H groups in total. The van der Waals surface area contributed by atoms with E-state index in [1.807, 2.05) is 31.2 Å². The van der Waals surface area contributed by atoms with E-state index in [2.05, 4.69) is 31.6 Å². The first kappa shape index (κ1) is 22.1. The molecule has 0 heterocycles. The van der Waals surface area contributed by atoms with Gasteiger partial charge in [0.05, 0.1) is 0 Å². The molecule has 0 saturated carbocycles. The predicted molar refractivity (Wildman–Crippen MR) is 108 cm³/mol. The molecule has 1 aromatic carbocycles. The van der Waals surface area contributed by atoms with Gasteiger partial charge in [-0.05, 0) is 37.6 Å². The van der Waals surface area contributed by atoms with Crippen molar-refractivity contribution in [2.24, 2.45) is 10.7 Å². The molecule has 130 valence electrons. The van der Waals surface area contributed by atoms with Crippen LogP contribution in [0.3, 0.4) is 0 Å². The third-order valence-corrected chi connectivity index (χ3v) is 3.25. The summed E-state index contributed by atoms with van der Waals surface area (Å²) in [6.45, 7) is 4.42. The lowest BCUT2D eigenvalue weighted by Gasteiger charge is -2.07. The van der Waals surface area contributed by atoms with Gasteiger partial charge in [0, 0.05) is 42.9 Å². The Hall–Kier alpha value is -0.870. The van der Waals surface area contributed by atoms with Crippen LogP contribution in [-0.4, -0.2) is 38.2 Å². The van der Waals surface area contributed by atoms with E-state index in [-0.39, 0.29) is 29.9 Å². The normalized spacial score (nSPS) is 10.8. The Morgan fingerprint density at radius 2 is 2.04 bits per heavy atom. The molecule has 1 aromatic rings. The molecule has 0 unspecified atom stereocenters. The second-order valence-corrected chi connectivity index (χ2v) is 5.46. The summed E-state index contributed by atoms with van der Waals surface area (Å²) in [6.07, 6.45) is 1.16. The highest BCUT2D eigenvalue weighted by Crippen LogP contribution is 2.14. The smallest absolute Gasteiger partial charge is 0.226 e. The summed E-state index contributed by atoms with van der Waals surface area (Å²) >= 11 is 3.35. The molecule has 1 amide bonds. The fourth-order valence-corrected chi connectivity index (χ4v) is 1.89. The molecule has 0 aliphatic heterocycles. The lowest BCUT2D eigenvalue weighted by atomic mass is 10.3. The summed E-state index contributed by atoms with van der Waals surface area (Å²) in [6, 6.07) is 7.43. The number of aliphatic imine (C=N–C) groups is 1. The molecule has 6 nitrogen and oxygen atoms in total. The maximum absolute atomic E-state index is 11.8. The molecule has 0 bridgehead atoms. The third-order valence-electron chi connectivity index (χ3n) is 2.72. The summed E-state index contributed by atoms with van der Waals surface area (Å²) in [5, 5.41) is 5.73. The van der Waals surface area contributed by atoms with Gasteiger partial charge in [-0.15, -0.1) is 24.0 Å². The molecule has 1 rings (SSSR count). The Bertz CT molecular complexity index is 483. The average Bonchev–Trinajstić information content (AvgIpc) is 2.49. The van der Waals surface area contributed by atoms with E-state index in [0.29, 0.717) is 38.7 Å². The fraction of sp³-hybridized carbons (Fsp3) is 0.467. The van der Waals surface area contributed by atoms with Crippen molar-refractivity contribution in [3.63, 3.8) is 0 Å². The van der Waals surface area contributed by atoms with E-state index >= 15 is 0 Å². The summed E-state index contributed by atoms with van der Waals surface area (Å²) in [5.74, 6) is 0.284. The lowest BCUT2D eigenvalue weighted by Crippen LogP contribution is -2.34. The van der Waals surface area contributed by atoms with Gasteiger partial charge in [0.1, 0.15) is 0 Å². The third kappa shape index (κ3) is 11.3. The molecule has 0 saturated heterocycles. The number of rotatable bonds is 9. The SMILES string of the molecule is CCOCCCN=C(N)NCCC(=O)Nc1ccc(Br)cc1.I. The molecule has 0 aliphatic carbocycles. The van der Waals surface area contributed by atoms with Crippen LogP contribution < -0.4 is 16.4 Å². The lowest BCUT2D eigenvalue weighted by molar-refractivity contribution is -0.116. The van der Waals surface area contributed by atoms with Crippen molar-refractivity contribution in [3.05, 3.63) is 28.7 Å². The second kappa shape index (κ2) is 13.6. The van der Waals surface area contributed by atoms with Crippen molar-refractivity contribution in [1.29, 1.82) is 0 Å². The standard InChI is InChI=1S/C15H23BrN4O2.HI/c1-2-22-11-3-9-18-15(17)19-10-8-14(21)20-13-6-4-12(16)5-7-13;/h4-7H,2-3,8-11H2,1H3,(H,20,21)(H3,17,18,19);1H. The van der Waals surface area contributed by atoms with Gasteiger partial charge < -0.3 is 21.1 Å². The number of carbonyl (C=O) groups is 1. The number of amides is 1. The van der Waals surface area contributed by atoms with Gasteiger partial charge in [0.2, 0.25) is 5.91 Å². The van der Waals surface area contributed by atoms with Crippen molar-refractivity contribution in [3.8, 4) is 0 Å². The molecule has 0 aliphatic rings. The molecule has 23 heavy (non-hydrogen) atoms. The number of ether oxygens (including phenoxy) is 1. The van der Waals surface area contributed by atoms with E-state index in [1.165, 1.54) is 0 Å². The first-order chi connectivity index (χ1) is 10.6. The fourth-order valence-electron chi connectivity index (χ4n) is 1.63. The minimum atomic E-state index is -0.0704. The van der Waals surface area contributed by atoms with Gasteiger partial charge in [-0.3, -0.25) is 9.79 Å². The van der Waals surface area contributed by atoms with Crippen LogP contribution in [0, 0.1) is 0 Å². The van der Waals surface area contributed by atoms with Crippen LogP contribution in [0.2, 0.25) is 0 Å². The van der Waals surface area contributed by atoms with Crippen molar-refractivity contribution in [2.45, 2.75) is 19.8 Å². The molecule has 0 radical (unpaired) electrons. The molecule has 8 heteroatoms. The molecular weight excluding hydrogens is 475 g/mol. The summed E-state index contributed by atoms with van der Waals surface area (Å²) < 4.78 is 6.18. The number of nitrogens with one attached hydrogen (secondary N) is 2. The van der Waals surface area contributed by atoms with Crippen LogP contribution in [0.1, 0.15) is 19.8 Å². The number of anilines is 1. The number of halogens is 2. The first-order valence-electron chi connectivity index (χ1n) is 7.28. The Balaban J connectivity index is 0.00000484. The monoisotopic (exact) mass is 498 g/mol. The van der Waals surface area contributed by atoms with Gasteiger partial charge in [-0.2, -0.15) is 0 Å². The van der Waals surface area contributed by atoms with Crippen LogP contribution in [-0.2, 0) is 9.53 Å². The predicted octanol–water partition coefficient (Wildman–Crippen LogP) is 2.73. The van der Waals surface area contributed by atoms with E-state index in [1.54, 1.807) is 0 Å². The number of hydrogen-bond acceptors (Lipinski definition) is 3. The Labute approximate surface area is 162 Å². The van der Waals surface area contributed by atoms with Gasteiger partial charge in [0.25, 0.3) is 0 Å². The van der Waals surface area contributed by atoms with Crippen molar-refractivity contribution in [2.75, 3.05) is 31.6 Å². The minimum Gasteiger partial charge on any atom is -0.382 e. The van der Waals surface area contributed by atoms with Crippen molar-refractivity contribution >= 4 is 57.5 Å². The summed E-state index contributed by atoms with van der Waals surface area (Å²) in [5.41, 5.74) is 6.47. The highest BCUT2D eigenvalue weighted by atomic mass is 127. The minimum absolute atomic E-state index is 0. The first-order valence-corrected chi connectivity index (χ1v) is 8.08. The summed E-state index contributed by atoms with van der Waals surface area (Å²) in [4.78, 5) is 15.9. The Morgan fingerprint density at radius 3 is 2.70 bits per heavy atom. The van der Waals surface area contributed by atoms with Crippen molar-refractivity contribution < 1.29 is 9.53 Å². The van der Waals surface area contributed by atoms with Gasteiger partial charge in [-0.25, -0.2) is 0 Å². The van der Waals surface area contributed by atoms with Gasteiger partial charge in [-0.1, -0.05) is 15.9 Å². The molecule has 0 aromatic heterocycles. The highest BCUT2D eigenvalue weighted by Gasteiger charge is 2.02. The van der Waals surface area contributed by atoms with Crippen LogP contribution in [0.4, 0.5) is 5.69 Å². The van der Waals surface area contributed by atoms with E-state index in [4.69, 9.17) is 10.5 Å². The largest absolute Gasteiger partial charge is 0.382 e. The van der Waals surface area contributed by atoms with E-state index < -0.39 is 0 Å². The zero-order chi connectivity index (χ0) is 16.2. The molecule has 0 spiro atoms. The number of hydrogen-bond donors (Lipinski definition) is 3.